The standard InChI is InChI=1S/C27H31ClF2N6O5/c1-36(26(39)34-12-17-3-2-4-22(30)25(17)28)21(7-8-24(38)33-13-20(31)14-37)15-41-27(40)35-23-10-18-9-19(29)6-5-16(18)11-32-23/h2-6,9-11,20-21,37H,7-8,12-15,31H2,1H3,(H,33,38)(H,34,39)(H,32,35,40)/t20-,21+/m1/s1. The minimum absolute atomic E-state index is 0.0427. The van der Waals surface area contributed by atoms with Crippen LogP contribution in [0, 0.1) is 11.6 Å². The van der Waals surface area contributed by atoms with Gasteiger partial charge in [-0.1, -0.05) is 23.7 Å². The Kier molecular flexibility index (Phi) is 11.6. The Balaban J connectivity index is 1.62. The van der Waals surface area contributed by atoms with Gasteiger partial charge in [-0.25, -0.2) is 23.4 Å². The molecule has 11 nitrogen and oxygen atoms in total. The number of aromatic nitrogens is 1. The summed E-state index contributed by atoms with van der Waals surface area (Å²) >= 11 is 5.96. The number of carbonyl (C=O) groups excluding carboxylic acids is 3. The molecule has 0 unspecified atom stereocenters. The third-order valence-electron chi connectivity index (χ3n) is 6.15. The van der Waals surface area contributed by atoms with Gasteiger partial charge >= 0.3 is 12.1 Å². The number of urea groups is 1. The van der Waals surface area contributed by atoms with E-state index in [-0.39, 0.29) is 55.9 Å². The van der Waals surface area contributed by atoms with Crippen LogP contribution in [0.25, 0.3) is 10.8 Å². The molecule has 3 rings (SSSR count). The minimum atomic E-state index is -0.878. The molecule has 1 aromatic heterocycles. The quantitative estimate of drug-likeness (QED) is 0.216. The van der Waals surface area contributed by atoms with E-state index in [1.807, 2.05) is 0 Å². The van der Waals surface area contributed by atoms with Crippen molar-refractivity contribution in [3.63, 3.8) is 0 Å². The molecular weight excluding hydrogens is 562 g/mol. The number of fused-ring (bicyclic) bond motifs is 1. The third kappa shape index (κ3) is 9.52. The van der Waals surface area contributed by atoms with Gasteiger partial charge < -0.3 is 31.1 Å². The fourth-order valence-corrected chi connectivity index (χ4v) is 3.92. The van der Waals surface area contributed by atoms with Gasteiger partial charge in [0.15, 0.2) is 0 Å². The maximum Gasteiger partial charge on any atom is 0.412 e. The molecular formula is C27H31ClF2N6O5. The first-order valence-electron chi connectivity index (χ1n) is 12.6. The molecule has 0 saturated carbocycles. The molecule has 14 heteroatoms. The van der Waals surface area contributed by atoms with Crippen molar-refractivity contribution in [2.75, 3.05) is 32.1 Å². The zero-order valence-corrected chi connectivity index (χ0v) is 23.0. The zero-order valence-electron chi connectivity index (χ0n) is 22.2. The predicted molar refractivity (Wildman–Crippen MR) is 149 cm³/mol. The van der Waals surface area contributed by atoms with E-state index in [0.29, 0.717) is 16.3 Å². The van der Waals surface area contributed by atoms with E-state index in [9.17, 15) is 23.2 Å². The summed E-state index contributed by atoms with van der Waals surface area (Å²) < 4.78 is 32.6. The number of hydrogen-bond acceptors (Lipinski definition) is 7. The van der Waals surface area contributed by atoms with Gasteiger partial charge in [-0.2, -0.15) is 0 Å². The molecule has 4 amide bonds. The van der Waals surface area contributed by atoms with Gasteiger partial charge in [-0.05, 0) is 47.7 Å². The number of likely N-dealkylation sites (N-methyl/N-ethyl adjacent to an activating group) is 1. The van der Waals surface area contributed by atoms with E-state index in [0.717, 1.165) is 0 Å². The number of rotatable bonds is 12. The van der Waals surface area contributed by atoms with Gasteiger partial charge in [0.2, 0.25) is 5.91 Å². The smallest absolute Gasteiger partial charge is 0.412 e. The maximum absolute atomic E-state index is 13.7. The highest BCUT2D eigenvalue weighted by Gasteiger charge is 2.23. The largest absolute Gasteiger partial charge is 0.447 e. The van der Waals surface area contributed by atoms with Crippen LogP contribution in [-0.2, 0) is 16.1 Å². The predicted octanol–water partition coefficient (Wildman–Crippen LogP) is 3.14. The minimum Gasteiger partial charge on any atom is -0.447 e. The van der Waals surface area contributed by atoms with Gasteiger partial charge in [0.1, 0.15) is 24.1 Å². The number of ether oxygens (including phenoxy) is 1. The molecule has 1 heterocycles. The first kappa shape index (κ1) is 31.5. The molecule has 3 aromatic rings. The van der Waals surface area contributed by atoms with Gasteiger partial charge in [-0.3, -0.25) is 10.1 Å². The van der Waals surface area contributed by atoms with Crippen molar-refractivity contribution < 1.29 is 33.0 Å². The number of carbonyl (C=O) groups is 3. The molecule has 0 spiro atoms. The number of nitrogens with zero attached hydrogens (tertiary/aromatic N) is 2. The number of amides is 4. The molecule has 0 aliphatic heterocycles. The van der Waals surface area contributed by atoms with Crippen LogP contribution < -0.4 is 21.7 Å². The summed E-state index contributed by atoms with van der Waals surface area (Å²) in [5.74, 6) is -1.32. The summed E-state index contributed by atoms with van der Waals surface area (Å²) in [7, 11) is 1.45. The van der Waals surface area contributed by atoms with E-state index in [4.69, 9.17) is 27.2 Å². The second-order valence-corrected chi connectivity index (χ2v) is 9.58. The fourth-order valence-electron chi connectivity index (χ4n) is 3.72. The van der Waals surface area contributed by atoms with Crippen molar-refractivity contribution in [3.05, 3.63) is 70.9 Å². The lowest BCUT2D eigenvalue weighted by Crippen LogP contribution is -2.46. The third-order valence-corrected chi connectivity index (χ3v) is 6.57. The number of benzene rings is 2. The molecule has 0 bridgehead atoms. The van der Waals surface area contributed by atoms with Gasteiger partial charge in [-0.15, -0.1) is 0 Å². The summed E-state index contributed by atoms with van der Waals surface area (Å²) in [5.41, 5.74) is 5.97. The van der Waals surface area contributed by atoms with E-state index in [1.54, 1.807) is 12.1 Å². The summed E-state index contributed by atoms with van der Waals surface area (Å²) in [4.78, 5) is 43.0. The SMILES string of the molecule is CN(C(=O)NCc1cccc(F)c1Cl)[C@@H](CCC(=O)NC[C@@H](N)CO)COC(=O)Nc1cc2cc(F)ccc2cn1. The number of nitrogens with two attached hydrogens (primary N) is 1. The van der Waals surface area contributed by atoms with E-state index >= 15 is 0 Å². The lowest BCUT2D eigenvalue weighted by Gasteiger charge is -2.28. The maximum atomic E-state index is 13.7. The highest BCUT2D eigenvalue weighted by Crippen LogP contribution is 2.20. The van der Waals surface area contributed by atoms with Crippen LogP contribution in [0.4, 0.5) is 24.2 Å². The second-order valence-electron chi connectivity index (χ2n) is 9.21. The Hall–Kier alpha value is -4.07. The average Bonchev–Trinajstić information content (AvgIpc) is 2.95. The molecule has 0 fully saturated rings. The Labute approximate surface area is 240 Å². The van der Waals surface area contributed by atoms with Crippen LogP contribution in [0.2, 0.25) is 5.02 Å². The molecule has 0 radical (unpaired) electrons. The monoisotopic (exact) mass is 592 g/mol. The van der Waals surface area contributed by atoms with Crippen LogP contribution in [0.15, 0.2) is 48.7 Å². The number of aliphatic hydroxyl groups is 1. The second kappa shape index (κ2) is 15.1. The van der Waals surface area contributed by atoms with Gasteiger partial charge in [0.05, 0.1) is 17.7 Å². The first-order valence-corrected chi connectivity index (χ1v) is 13.0. The summed E-state index contributed by atoms with van der Waals surface area (Å²) in [5, 5.41) is 17.8. The normalized spacial score (nSPS) is 12.3. The molecule has 0 aliphatic carbocycles. The number of aliphatic hydroxyl groups excluding tert-OH is 1. The van der Waals surface area contributed by atoms with Crippen LogP contribution in [-0.4, -0.2) is 71.9 Å². The van der Waals surface area contributed by atoms with Crippen molar-refractivity contribution in [1.82, 2.24) is 20.5 Å². The van der Waals surface area contributed by atoms with E-state index < -0.39 is 35.8 Å². The molecule has 220 valence electrons. The number of halogens is 3. The zero-order chi connectivity index (χ0) is 29.9. The Morgan fingerprint density at radius 1 is 1.15 bits per heavy atom. The lowest BCUT2D eigenvalue weighted by atomic mass is 10.1. The number of nitrogens with one attached hydrogen (secondary N) is 3. The first-order chi connectivity index (χ1) is 19.6. The van der Waals surface area contributed by atoms with Crippen LogP contribution in [0.5, 0.6) is 0 Å². The number of anilines is 1. The molecule has 6 N–H and O–H groups in total. The van der Waals surface area contributed by atoms with Crippen molar-refractivity contribution in [2.24, 2.45) is 5.73 Å². The number of hydrogen-bond donors (Lipinski definition) is 5. The average molecular weight is 593 g/mol. The molecule has 2 atom stereocenters. The summed E-state index contributed by atoms with van der Waals surface area (Å²) in [6, 6.07) is 7.90. The Morgan fingerprint density at radius 3 is 2.68 bits per heavy atom. The lowest BCUT2D eigenvalue weighted by molar-refractivity contribution is -0.121. The highest BCUT2D eigenvalue weighted by atomic mass is 35.5. The Morgan fingerprint density at radius 2 is 1.93 bits per heavy atom. The van der Waals surface area contributed by atoms with Gasteiger partial charge in [0, 0.05) is 44.2 Å². The molecule has 0 saturated heterocycles. The van der Waals surface area contributed by atoms with Crippen LogP contribution >= 0.6 is 11.6 Å². The van der Waals surface area contributed by atoms with E-state index in [2.05, 4.69) is 20.9 Å². The highest BCUT2D eigenvalue weighted by molar-refractivity contribution is 6.31. The topological polar surface area (TPSA) is 159 Å². The van der Waals surface area contributed by atoms with Crippen molar-refractivity contribution in [3.8, 4) is 0 Å². The van der Waals surface area contributed by atoms with Crippen molar-refractivity contribution in [2.45, 2.75) is 31.5 Å². The fraction of sp³-hybridized carbons (Fsp3) is 0.333. The van der Waals surface area contributed by atoms with Crippen molar-refractivity contribution >= 4 is 46.2 Å². The van der Waals surface area contributed by atoms with Gasteiger partial charge in [0.25, 0.3) is 0 Å². The molecule has 41 heavy (non-hydrogen) atoms. The van der Waals surface area contributed by atoms with Crippen molar-refractivity contribution in [1.29, 1.82) is 0 Å². The van der Waals surface area contributed by atoms with Crippen LogP contribution in [0.1, 0.15) is 18.4 Å². The van der Waals surface area contributed by atoms with E-state index in [1.165, 1.54) is 48.5 Å². The summed E-state index contributed by atoms with van der Waals surface area (Å²) in [6.45, 7) is -0.596. The molecule has 2 aromatic carbocycles. The number of pyridine rings is 1. The Bertz CT molecular complexity index is 1380. The molecule has 0 aliphatic rings. The summed E-state index contributed by atoms with van der Waals surface area (Å²) in [6.07, 6.45) is 0.652. The van der Waals surface area contributed by atoms with Crippen LogP contribution in [0.3, 0.4) is 0 Å².